The van der Waals surface area contributed by atoms with Gasteiger partial charge in [0.25, 0.3) is 0 Å². The van der Waals surface area contributed by atoms with E-state index in [4.69, 9.17) is 0 Å². The fourth-order valence-corrected chi connectivity index (χ4v) is 3.05. The van der Waals surface area contributed by atoms with Crippen LogP contribution < -0.4 is 0 Å². The van der Waals surface area contributed by atoms with Crippen LogP contribution in [0, 0.1) is 23.2 Å². The highest BCUT2D eigenvalue weighted by Gasteiger charge is 2.51. The topological polar surface area (TPSA) is 0 Å². The molecule has 0 spiro atoms. The van der Waals surface area contributed by atoms with Gasteiger partial charge in [-0.05, 0) is 42.4 Å². The van der Waals surface area contributed by atoms with Gasteiger partial charge >= 0.3 is 0 Å². The summed E-state index contributed by atoms with van der Waals surface area (Å²) >= 11 is 0. The standard InChI is InChI=1S/C10H17/c1-9(2)7-10(3)5-4-8(9)6-10/h7-8H,4-6H2,1-3H3. The van der Waals surface area contributed by atoms with E-state index in [0.29, 0.717) is 10.8 Å². The van der Waals surface area contributed by atoms with Crippen molar-refractivity contribution in [3.05, 3.63) is 6.42 Å². The van der Waals surface area contributed by atoms with Gasteiger partial charge in [0.1, 0.15) is 0 Å². The maximum atomic E-state index is 2.59. The van der Waals surface area contributed by atoms with Gasteiger partial charge in [-0.15, -0.1) is 0 Å². The Morgan fingerprint density at radius 3 is 2.20 bits per heavy atom. The van der Waals surface area contributed by atoms with Crippen molar-refractivity contribution in [1.29, 1.82) is 0 Å². The van der Waals surface area contributed by atoms with Gasteiger partial charge in [-0.3, -0.25) is 0 Å². The molecule has 0 aromatic rings. The largest absolute Gasteiger partial charge is 0.0593 e. The fourth-order valence-electron chi connectivity index (χ4n) is 3.05. The lowest BCUT2D eigenvalue weighted by Crippen LogP contribution is -2.23. The molecule has 0 aromatic carbocycles. The Morgan fingerprint density at radius 1 is 1.30 bits per heavy atom. The first kappa shape index (κ1) is 6.69. The summed E-state index contributed by atoms with van der Waals surface area (Å²) < 4.78 is 0. The summed E-state index contributed by atoms with van der Waals surface area (Å²) in [6.07, 6.45) is 6.97. The fraction of sp³-hybridized carbons (Fsp3) is 0.900. The highest BCUT2D eigenvalue weighted by molar-refractivity contribution is 5.13. The van der Waals surface area contributed by atoms with Crippen LogP contribution in [0.15, 0.2) is 0 Å². The van der Waals surface area contributed by atoms with E-state index in [1.165, 1.54) is 19.3 Å². The van der Waals surface area contributed by atoms with Crippen LogP contribution in [0.5, 0.6) is 0 Å². The molecule has 0 heterocycles. The summed E-state index contributed by atoms with van der Waals surface area (Å²) in [4.78, 5) is 0. The number of hydrogen-bond donors (Lipinski definition) is 0. The van der Waals surface area contributed by atoms with Crippen molar-refractivity contribution >= 4 is 0 Å². The quantitative estimate of drug-likeness (QED) is 0.481. The summed E-state index contributed by atoms with van der Waals surface area (Å²) in [7, 11) is 0. The molecule has 10 heavy (non-hydrogen) atoms. The molecule has 0 heteroatoms. The molecule has 0 amide bonds. The third-order valence-corrected chi connectivity index (χ3v) is 3.55. The van der Waals surface area contributed by atoms with E-state index in [1.54, 1.807) is 0 Å². The van der Waals surface area contributed by atoms with E-state index in [1.807, 2.05) is 0 Å². The van der Waals surface area contributed by atoms with Crippen LogP contribution in [0.4, 0.5) is 0 Å². The zero-order valence-corrected chi connectivity index (χ0v) is 7.28. The van der Waals surface area contributed by atoms with E-state index < -0.39 is 0 Å². The smallest absolute Gasteiger partial charge is 0.0267 e. The highest BCUT2D eigenvalue weighted by atomic mass is 14.6. The van der Waals surface area contributed by atoms with Gasteiger partial charge in [0, 0.05) is 0 Å². The summed E-state index contributed by atoms with van der Waals surface area (Å²) in [6.45, 7) is 7.20. The Bertz CT molecular complexity index is 155. The molecule has 0 nitrogen and oxygen atoms in total. The molecule has 2 atom stereocenters. The summed E-state index contributed by atoms with van der Waals surface area (Å²) in [5.41, 5.74) is 1.17. The third-order valence-electron chi connectivity index (χ3n) is 3.55. The molecule has 2 unspecified atom stereocenters. The second-order valence-electron chi connectivity index (χ2n) is 5.06. The number of hydrogen-bond acceptors (Lipinski definition) is 0. The molecule has 0 saturated heterocycles. The normalized spacial score (nSPS) is 50.1. The van der Waals surface area contributed by atoms with Crippen molar-refractivity contribution in [1.82, 2.24) is 0 Å². The van der Waals surface area contributed by atoms with Crippen LogP contribution in [-0.2, 0) is 0 Å². The SMILES string of the molecule is CC12[CH]C(C)(C)C(CC1)C2. The van der Waals surface area contributed by atoms with E-state index >= 15 is 0 Å². The zero-order chi connectivity index (χ0) is 7.41. The first-order valence-corrected chi connectivity index (χ1v) is 4.39. The van der Waals surface area contributed by atoms with Gasteiger partial charge in [0.05, 0.1) is 0 Å². The van der Waals surface area contributed by atoms with E-state index in [0.717, 1.165) is 5.92 Å². The van der Waals surface area contributed by atoms with Gasteiger partial charge in [-0.25, -0.2) is 0 Å². The van der Waals surface area contributed by atoms with Crippen LogP contribution in [0.3, 0.4) is 0 Å². The lowest BCUT2D eigenvalue weighted by molar-refractivity contribution is 0.266. The van der Waals surface area contributed by atoms with Crippen LogP contribution >= 0.6 is 0 Å². The molecule has 2 bridgehead atoms. The lowest BCUT2D eigenvalue weighted by Gasteiger charge is -2.32. The summed E-state index contributed by atoms with van der Waals surface area (Å²) in [5, 5.41) is 0. The van der Waals surface area contributed by atoms with E-state index in [9.17, 15) is 0 Å². The molecule has 2 aliphatic carbocycles. The predicted octanol–water partition coefficient (Wildman–Crippen LogP) is 3.04. The Hall–Kier alpha value is 0. The summed E-state index contributed by atoms with van der Waals surface area (Å²) in [6, 6.07) is 0. The minimum Gasteiger partial charge on any atom is -0.0593 e. The Morgan fingerprint density at radius 2 is 2.00 bits per heavy atom. The second kappa shape index (κ2) is 1.60. The molecule has 0 aliphatic heterocycles. The van der Waals surface area contributed by atoms with Crippen LogP contribution in [0.1, 0.15) is 40.0 Å². The van der Waals surface area contributed by atoms with Crippen molar-refractivity contribution in [3.63, 3.8) is 0 Å². The minimum atomic E-state index is 0.549. The molecule has 2 saturated carbocycles. The maximum absolute atomic E-state index is 2.59. The molecule has 2 rings (SSSR count). The van der Waals surface area contributed by atoms with Crippen molar-refractivity contribution in [2.45, 2.75) is 40.0 Å². The molecule has 0 N–H and O–H groups in total. The van der Waals surface area contributed by atoms with Gasteiger partial charge < -0.3 is 0 Å². The van der Waals surface area contributed by atoms with E-state index in [-0.39, 0.29) is 0 Å². The number of rotatable bonds is 0. The molecular formula is C10H17. The Balaban J connectivity index is 2.25. The average Bonchev–Trinajstić information content (AvgIpc) is 2.16. The molecule has 1 radical (unpaired) electrons. The zero-order valence-electron chi connectivity index (χ0n) is 7.28. The van der Waals surface area contributed by atoms with Gasteiger partial charge in [-0.2, -0.15) is 0 Å². The van der Waals surface area contributed by atoms with Gasteiger partial charge in [-0.1, -0.05) is 20.8 Å². The number of fused-ring (bicyclic) bond motifs is 2. The lowest BCUT2D eigenvalue weighted by atomic mass is 9.73. The third kappa shape index (κ3) is 0.741. The summed E-state index contributed by atoms with van der Waals surface area (Å²) in [5.74, 6) is 0.998. The molecule has 57 valence electrons. The van der Waals surface area contributed by atoms with Crippen molar-refractivity contribution in [2.75, 3.05) is 0 Å². The Labute approximate surface area is 64.0 Å². The minimum absolute atomic E-state index is 0.549. The van der Waals surface area contributed by atoms with Crippen LogP contribution in [0.2, 0.25) is 0 Å². The molecule has 2 aliphatic rings. The molecule has 2 fully saturated rings. The van der Waals surface area contributed by atoms with E-state index in [2.05, 4.69) is 27.2 Å². The van der Waals surface area contributed by atoms with Gasteiger partial charge in [0.2, 0.25) is 0 Å². The van der Waals surface area contributed by atoms with Crippen molar-refractivity contribution in [3.8, 4) is 0 Å². The predicted molar refractivity (Wildman–Crippen MR) is 43.5 cm³/mol. The Kier molecular flexibility index (Phi) is 1.07. The van der Waals surface area contributed by atoms with Crippen LogP contribution in [0.25, 0.3) is 0 Å². The van der Waals surface area contributed by atoms with Crippen molar-refractivity contribution < 1.29 is 0 Å². The van der Waals surface area contributed by atoms with Crippen molar-refractivity contribution in [2.24, 2.45) is 16.7 Å². The van der Waals surface area contributed by atoms with Crippen LogP contribution in [-0.4, -0.2) is 0 Å². The molecular weight excluding hydrogens is 120 g/mol. The average molecular weight is 137 g/mol. The molecule has 0 aromatic heterocycles. The monoisotopic (exact) mass is 137 g/mol. The highest BCUT2D eigenvalue weighted by Crippen LogP contribution is 2.61. The second-order valence-corrected chi connectivity index (χ2v) is 5.06. The van der Waals surface area contributed by atoms with Gasteiger partial charge in [0.15, 0.2) is 0 Å². The maximum Gasteiger partial charge on any atom is -0.0267 e. The first-order valence-electron chi connectivity index (χ1n) is 4.39. The first-order chi connectivity index (χ1) is 4.52.